The van der Waals surface area contributed by atoms with Crippen LogP contribution >= 0.6 is 11.6 Å². The van der Waals surface area contributed by atoms with Gasteiger partial charge in [-0.3, -0.25) is 10.0 Å². The van der Waals surface area contributed by atoms with Crippen molar-refractivity contribution in [2.24, 2.45) is 0 Å². The number of hydrogen-bond acceptors (Lipinski definition) is 5. The number of nitrogens with zero attached hydrogens (tertiary/aromatic N) is 1. The van der Waals surface area contributed by atoms with Gasteiger partial charge in [-0.1, -0.05) is 35.9 Å². The summed E-state index contributed by atoms with van der Waals surface area (Å²) in [6.07, 6.45) is 0.401. The van der Waals surface area contributed by atoms with Gasteiger partial charge in [-0.05, 0) is 48.7 Å². The fourth-order valence-electron chi connectivity index (χ4n) is 3.85. The van der Waals surface area contributed by atoms with Gasteiger partial charge in [0.1, 0.15) is 0 Å². The SMILES string of the molecule is CCO[C@H](CC(=O)NO)C(Cc1ccc(Cl)cc1)c1ccc(N2CCOCC2)cc1. The van der Waals surface area contributed by atoms with Crippen molar-refractivity contribution >= 4 is 23.2 Å². The van der Waals surface area contributed by atoms with Gasteiger partial charge in [0.15, 0.2) is 0 Å². The lowest BCUT2D eigenvalue weighted by molar-refractivity contribution is -0.132. The highest BCUT2D eigenvalue weighted by Gasteiger charge is 2.27. The van der Waals surface area contributed by atoms with Gasteiger partial charge in [-0.15, -0.1) is 0 Å². The monoisotopic (exact) mass is 432 g/mol. The van der Waals surface area contributed by atoms with E-state index in [4.69, 9.17) is 26.3 Å². The van der Waals surface area contributed by atoms with Crippen molar-refractivity contribution in [3.63, 3.8) is 0 Å². The fraction of sp³-hybridized carbons (Fsp3) is 0.435. The van der Waals surface area contributed by atoms with E-state index in [1.807, 2.05) is 31.2 Å². The molecule has 1 unspecified atom stereocenters. The second-order valence-corrected chi connectivity index (χ2v) is 7.80. The van der Waals surface area contributed by atoms with Crippen LogP contribution in [0.25, 0.3) is 0 Å². The van der Waals surface area contributed by atoms with Crippen molar-refractivity contribution in [1.82, 2.24) is 5.48 Å². The molecule has 1 heterocycles. The van der Waals surface area contributed by atoms with Crippen LogP contribution in [0, 0.1) is 0 Å². The summed E-state index contributed by atoms with van der Waals surface area (Å²) >= 11 is 6.04. The van der Waals surface area contributed by atoms with Crippen LogP contribution in [0.3, 0.4) is 0 Å². The third-order valence-corrected chi connectivity index (χ3v) is 5.66. The molecule has 2 N–H and O–H groups in total. The maximum Gasteiger partial charge on any atom is 0.245 e. The molecule has 0 bridgehead atoms. The molecule has 0 aliphatic carbocycles. The molecule has 0 saturated carbocycles. The van der Waals surface area contributed by atoms with Crippen LogP contribution in [0.15, 0.2) is 48.5 Å². The minimum Gasteiger partial charge on any atom is -0.378 e. The fourth-order valence-corrected chi connectivity index (χ4v) is 3.98. The highest BCUT2D eigenvalue weighted by atomic mass is 35.5. The molecule has 3 rings (SSSR count). The Labute approximate surface area is 182 Å². The minimum absolute atomic E-state index is 0.0536. The molecule has 2 aromatic carbocycles. The Hall–Kier alpha value is -2.12. The normalized spacial score (nSPS) is 16.2. The summed E-state index contributed by atoms with van der Waals surface area (Å²) in [7, 11) is 0. The van der Waals surface area contributed by atoms with Crippen molar-refractivity contribution in [2.45, 2.75) is 31.8 Å². The number of carbonyl (C=O) groups excluding carboxylic acids is 1. The summed E-state index contributed by atoms with van der Waals surface area (Å²) in [5.41, 5.74) is 5.09. The first-order valence-electron chi connectivity index (χ1n) is 10.3. The van der Waals surface area contributed by atoms with E-state index in [0.717, 1.165) is 43.1 Å². The van der Waals surface area contributed by atoms with Gasteiger partial charge in [-0.25, -0.2) is 5.48 Å². The van der Waals surface area contributed by atoms with Gasteiger partial charge in [0.25, 0.3) is 0 Å². The summed E-state index contributed by atoms with van der Waals surface area (Å²) in [4.78, 5) is 14.2. The Balaban J connectivity index is 1.86. The van der Waals surface area contributed by atoms with Crippen molar-refractivity contribution < 1.29 is 19.5 Å². The number of halogens is 1. The zero-order chi connectivity index (χ0) is 21.3. The largest absolute Gasteiger partial charge is 0.378 e. The maximum absolute atomic E-state index is 11.9. The number of ether oxygens (including phenoxy) is 2. The molecule has 6 nitrogen and oxygen atoms in total. The summed E-state index contributed by atoms with van der Waals surface area (Å²) in [5.74, 6) is -0.512. The minimum atomic E-state index is -0.459. The van der Waals surface area contributed by atoms with E-state index in [9.17, 15) is 4.79 Å². The molecule has 0 spiro atoms. The van der Waals surface area contributed by atoms with Gasteiger partial charge in [0, 0.05) is 36.3 Å². The van der Waals surface area contributed by atoms with E-state index in [-0.39, 0.29) is 18.4 Å². The van der Waals surface area contributed by atoms with Crippen LogP contribution in [-0.4, -0.2) is 50.1 Å². The third-order valence-electron chi connectivity index (χ3n) is 5.41. The molecule has 30 heavy (non-hydrogen) atoms. The van der Waals surface area contributed by atoms with Gasteiger partial charge in [0.05, 0.1) is 25.7 Å². The van der Waals surface area contributed by atoms with Gasteiger partial charge in [-0.2, -0.15) is 0 Å². The molecule has 0 aromatic heterocycles. The number of carbonyl (C=O) groups is 1. The van der Waals surface area contributed by atoms with E-state index < -0.39 is 5.91 Å². The number of benzene rings is 2. The molecule has 1 aliphatic heterocycles. The smallest absolute Gasteiger partial charge is 0.245 e. The zero-order valence-electron chi connectivity index (χ0n) is 17.2. The molecule has 1 aliphatic rings. The topological polar surface area (TPSA) is 71.0 Å². The maximum atomic E-state index is 11.9. The molecule has 7 heteroatoms. The van der Waals surface area contributed by atoms with Crippen LogP contribution < -0.4 is 10.4 Å². The zero-order valence-corrected chi connectivity index (χ0v) is 18.0. The van der Waals surface area contributed by atoms with Crippen LogP contribution in [-0.2, 0) is 20.7 Å². The molecule has 162 valence electrons. The van der Waals surface area contributed by atoms with E-state index in [1.54, 1.807) is 5.48 Å². The summed E-state index contributed by atoms with van der Waals surface area (Å²) in [6.45, 7) is 5.63. The molecule has 1 saturated heterocycles. The van der Waals surface area contributed by atoms with E-state index in [0.29, 0.717) is 18.1 Å². The van der Waals surface area contributed by atoms with Crippen LogP contribution in [0.4, 0.5) is 5.69 Å². The quantitative estimate of drug-likeness (QED) is 0.466. The molecular weight excluding hydrogens is 404 g/mol. The second-order valence-electron chi connectivity index (χ2n) is 7.36. The van der Waals surface area contributed by atoms with Gasteiger partial charge < -0.3 is 14.4 Å². The van der Waals surface area contributed by atoms with Gasteiger partial charge >= 0.3 is 0 Å². The van der Waals surface area contributed by atoms with Crippen molar-refractivity contribution in [2.75, 3.05) is 37.8 Å². The number of hydrogen-bond donors (Lipinski definition) is 2. The third kappa shape index (κ3) is 6.19. The lowest BCUT2D eigenvalue weighted by Crippen LogP contribution is -2.36. The first-order valence-corrected chi connectivity index (χ1v) is 10.7. The summed E-state index contributed by atoms with van der Waals surface area (Å²) in [5, 5.41) is 9.71. The van der Waals surface area contributed by atoms with Gasteiger partial charge in [0.2, 0.25) is 5.91 Å². The number of rotatable bonds is 9. The van der Waals surface area contributed by atoms with E-state index in [1.165, 1.54) is 0 Å². The molecule has 2 atom stereocenters. The number of nitrogens with one attached hydrogen (secondary N) is 1. The standard InChI is InChI=1S/C23H29ClN2O4/c1-2-30-22(16-23(27)25-28)21(15-17-3-7-19(24)8-4-17)18-5-9-20(10-6-18)26-11-13-29-14-12-26/h3-10,21-22,28H,2,11-16H2,1H3,(H,25,27)/t21?,22-/m1/s1. The summed E-state index contributed by atoms with van der Waals surface area (Å²) in [6, 6.07) is 16.2. The average Bonchev–Trinajstić information content (AvgIpc) is 2.79. The number of hydroxylamine groups is 1. The number of morpholine rings is 1. The molecular formula is C23H29ClN2O4. The highest BCUT2D eigenvalue weighted by Crippen LogP contribution is 2.31. The first kappa shape index (κ1) is 22.6. The Morgan fingerprint density at radius 3 is 2.43 bits per heavy atom. The van der Waals surface area contributed by atoms with Crippen LogP contribution in [0.2, 0.25) is 5.02 Å². The Kier molecular flexibility index (Phi) is 8.51. The molecule has 0 radical (unpaired) electrons. The van der Waals surface area contributed by atoms with Crippen LogP contribution in [0.5, 0.6) is 0 Å². The lowest BCUT2D eigenvalue weighted by atomic mass is 9.85. The van der Waals surface area contributed by atoms with Crippen molar-refractivity contribution in [3.05, 3.63) is 64.7 Å². The Bertz CT molecular complexity index is 792. The molecule has 1 amide bonds. The second kappa shape index (κ2) is 11.3. The Morgan fingerprint density at radius 1 is 1.17 bits per heavy atom. The van der Waals surface area contributed by atoms with Crippen molar-refractivity contribution in [3.8, 4) is 0 Å². The number of amides is 1. The van der Waals surface area contributed by atoms with Crippen LogP contribution in [0.1, 0.15) is 30.4 Å². The number of anilines is 1. The lowest BCUT2D eigenvalue weighted by Gasteiger charge is -2.30. The van der Waals surface area contributed by atoms with Crippen molar-refractivity contribution in [1.29, 1.82) is 0 Å². The predicted octanol–water partition coefficient (Wildman–Crippen LogP) is 3.80. The van der Waals surface area contributed by atoms with E-state index >= 15 is 0 Å². The average molecular weight is 433 g/mol. The first-order chi connectivity index (χ1) is 14.6. The summed E-state index contributed by atoms with van der Waals surface area (Å²) < 4.78 is 11.4. The molecule has 2 aromatic rings. The highest BCUT2D eigenvalue weighted by molar-refractivity contribution is 6.30. The molecule has 1 fully saturated rings. The van der Waals surface area contributed by atoms with E-state index in [2.05, 4.69) is 29.2 Å². The predicted molar refractivity (Wildman–Crippen MR) is 117 cm³/mol. The Morgan fingerprint density at radius 2 is 1.83 bits per heavy atom.